The lowest BCUT2D eigenvalue weighted by molar-refractivity contribution is -0.114. The highest BCUT2D eigenvalue weighted by Crippen LogP contribution is 2.38. The summed E-state index contributed by atoms with van der Waals surface area (Å²) in [5.41, 5.74) is 3.45. The summed E-state index contributed by atoms with van der Waals surface area (Å²) in [6, 6.07) is 17.4. The molecule has 1 N–H and O–H groups in total. The van der Waals surface area contributed by atoms with E-state index in [1.807, 2.05) is 60.7 Å². The zero-order valence-corrected chi connectivity index (χ0v) is 25.4. The van der Waals surface area contributed by atoms with E-state index in [2.05, 4.69) is 10.1 Å². The van der Waals surface area contributed by atoms with E-state index < -0.39 is 16.0 Å². The molecule has 0 aliphatic carbocycles. The minimum atomic E-state index is -4.12. The molecule has 40 heavy (non-hydrogen) atoms. The molecule has 0 bridgehead atoms. The number of carbonyl (C=O) groups excluding carboxylic acids is 1. The van der Waals surface area contributed by atoms with E-state index in [4.69, 9.17) is 14.3 Å². The van der Waals surface area contributed by atoms with Crippen molar-refractivity contribution < 1.29 is 22.1 Å². The van der Waals surface area contributed by atoms with E-state index in [1.165, 1.54) is 35.0 Å². The van der Waals surface area contributed by atoms with Crippen molar-refractivity contribution in [2.75, 3.05) is 6.61 Å². The van der Waals surface area contributed by atoms with E-state index in [0.29, 0.717) is 19.3 Å². The first-order valence-electron chi connectivity index (χ1n) is 12.1. The number of ether oxygens (including phenoxy) is 1. The van der Waals surface area contributed by atoms with Crippen molar-refractivity contribution in [1.29, 1.82) is 5.41 Å². The van der Waals surface area contributed by atoms with E-state index in [9.17, 15) is 13.2 Å². The molecule has 0 saturated carbocycles. The number of benzene rings is 3. The number of halogens is 1. The maximum absolute atomic E-state index is 13.0. The Morgan fingerprint density at radius 1 is 1.05 bits per heavy atom. The Bertz CT molecular complexity index is 1730. The molecule has 0 spiro atoms. The van der Waals surface area contributed by atoms with Crippen LogP contribution in [0.1, 0.15) is 29.2 Å². The van der Waals surface area contributed by atoms with Gasteiger partial charge in [0.05, 0.1) is 15.8 Å². The molecule has 0 aromatic heterocycles. The Hall–Kier alpha value is -3.49. The number of thioether (sulfide) groups is 1. The molecule has 3 aromatic carbocycles. The lowest BCUT2D eigenvalue weighted by atomic mass is 10.1. The normalized spacial score (nSPS) is 16.1. The zero-order valence-electron chi connectivity index (χ0n) is 21.6. The first kappa shape index (κ1) is 28.1. The number of hydrogen-bond donors (Lipinski definition) is 1. The fourth-order valence-electron chi connectivity index (χ4n) is 3.85. The molecular formula is C28H23IN4O5S2. The summed E-state index contributed by atoms with van der Waals surface area (Å²) < 4.78 is 37.6. The number of aliphatic imine (C=N–C) groups is 1. The smallest absolute Gasteiger partial charge is 0.339 e. The van der Waals surface area contributed by atoms with Crippen LogP contribution >= 0.6 is 34.4 Å². The van der Waals surface area contributed by atoms with Crippen molar-refractivity contribution in [3.63, 3.8) is 0 Å². The lowest BCUT2D eigenvalue weighted by Gasteiger charge is -2.20. The van der Waals surface area contributed by atoms with E-state index in [1.54, 1.807) is 31.2 Å². The van der Waals surface area contributed by atoms with Crippen LogP contribution in [-0.4, -0.2) is 42.0 Å². The summed E-state index contributed by atoms with van der Waals surface area (Å²) >= 11 is 3.19. The SMILES string of the molecule is CCOc1cc(/C=C2/C(=N)N3N=C(c4ccc(C)cc4)SC3=NC2=O)cc(I)c1OS(=O)(=O)c1ccc(C)cc1. The molecule has 0 fully saturated rings. The fraction of sp³-hybridized carbons (Fsp3) is 0.143. The predicted octanol–water partition coefficient (Wildman–Crippen LogP) is 5.74. The Morgan fingerprint density at radius 3 is 2.35 bits per heavy atom. The molecule has 12 heteroatoms. The summed E-state index contributed by atoms with van der Waals surface area (Å²) in [6.07, 6.45) is 1.51. The van der Waals surface area contributed by atoms with Crippen LogP contribution in [-0.2, 0) is 14.9 Å². The molecular weight excluding hydrogens is 663 g/mol. The zero-order chi connectivity index (χ0) is 28.6. The lowest BCUT2D eigenvalue weighted by Crippen LogP contribution is -2.35. The van der Waals surface area contributed by atoms with Crippen molar-refractivity contribution in [2.24, 2.45) is 10.1 Å². The van der Waals surface area contributed by atoms with Gasteiger partial charge in [0.2, 0.25) is 5.17 Å². The Balaban J connectivity index is 1.47. The van der Waals surface area contributed by atoms with Crippen molar-refractivity contribution in [3.05, 3.63) is 92.1 Å². The van der Waals surface area contributed by atoms with Crippen LogP contribution in [0, 0.1) is 22.8 Å². The topological polar surface area (TPSA) is 121 Å². The molecule has 1 amide bonds. The number of rotatable bonds is 7. The summed E-state index contributed by atoms with van der Waals surface area (Å²) in [4.78, 5) is 17.1. The molecule has 3 aromatic rings. The summed E-state index contributed by atoms with van der Waals surface area (Å²) in [6.45, 7) is 5.87. The van der Waals surface area contributed by atoms with Gasteiger partial charge < -0.3 is 8.92 Å². The quantitative estimate of drug-likeness (QED) is 0.191. The minimum absolute atomic E-state index is 0.0199. The molecule has 5 rings (SSSR count). The van der Waals surface area contributed by atoms with Gasteiger partial charge in [-0.3, -0.25) is 10.2 Å². The minimum Gasteiger partial charge on any atom is -0.490 e. The van der Waals surface area contributed by atoms with Gasteiger partial charge in [0.25, 0.3) is 5.91 Å². The molecule has 2 heterocycles. The van der Waals surface area contributed by atoms with Gasteiger partial charge in [-0.1, -0.05) is 47.5 Å². The standard InChI is InChI=1S/C28H23IN4O5S2/c1-4-37-23-15-18(14-22(29)24(23)38-40(35,36)20-11-7-17(3)8-12-20)13-21-25(30)33-28(31-26(21)34)39-27(32-33)19-9-5-16(2)6-10-19/h5-15,30H,4H2,1-3H3/b21-13-,30-25?. The highest BCUT2D eigenvalue weighted by molar-refractivity contribution is 14.1. The number of fused-ring (bicyclic) bond motifs is 1. The molecule has 204 valence electrons. The molecule has 0 unspecified atom stereocenters. The number of nitrogens with one attached hydrogen (secondary N) is 1. The van der Waals surface area contributed by atoms with Gasteiger partial charge in [0.15, 0.2) is 17.3 Å². The van der Waals surface area contributed by atoms with Gasteiger partial charge in [-0.05, 0) is 91.0 Å². The maximum Gasteiger partial charge on any atom is 0.339 e. The number of carbonyl (C=O) groups is 1. The van der Waals surface area contributed by atoms with Crippen molar-refractivity contribution >= 4 is 72.5 Å². The second-order valence-corrected chi connectivity index (χ2v) is 12.6. The highest BCUT2D eigenvalue weighted by atomic mass is 127. The third kappa shape index (κ3) is 5.69. The highest BCUT2D eigenvalue weighted by Gasteiger charge is 2.36. The van der Waals surface area contributed by atoms with Crippen molar-refractivity contribution in [1.82, 2.24) is 5.01 Å². The van der Waals surface area contributed by atoms with E-state index in [0.717, 1.165) is 16.7 Å². The molecule has 0 radical (unpaired) electrons. The van der Waals surface area contributed by atoms with Gasteiger partial charge >= 0.3 is 10.1 Å². The number of aryl methyl sites for hydroxylation is 2. The van der Waals surface area contributed by atoms with E-state index in [-0.39, 0.29) is 34.4 Å². The van der Waals surface area contributed by atoms with Crippen LogP contribution in [0.3, 0.4) is 0 Å². The second kappa shape index (κ2) is 11.2. The number of nitrogens with zero attached hydrogens (tertiary/aromatic N) is 3. The van der Waals surface area contributed by atoms with Gasteiger partial charge in [-0.15, -0.1) is 0 Å². The molecule has 2 aliphatic heterocycles. The average molecular weight is 687 g/mol. The van der Waals surface area contributed by atoms with Crippen LogP contribution in [0.5, 0.6) is 11.5 Å². The van der Waals surface area contributed by atoms with Gasteiger partial charge in [0, 0.05) is 5.56 Å². The van der Waals surface area contributed by atoms with Crippen LogP contribution in [0.2, 0.25) is 0 Å². The molecule has 2 aliphatic rings. The Labute approximate surface area is 249 Å². The van der Waals surface area contributed by atoms with Gasteiger partial charge in [-0.25, -0.2) is 0 Å². The van der Waals surface area contributed by atoms with Crippen molar-refractivity contribution in [3.8, 4) is 11.5 Å². The largest absolute Gasteiger partial charge is 0.490 e. The second-order valence-electron chi connectivity index (χ2n) is 8.90. The predicted molar refractivity (Wildman–Crippen MR) is 165 cm³/mol. The van der Waals surface area contributed by atoms with Crippen LogP contribution < -0.4 is 8.92 Å². The van der Waals surface area contributed by atoms with Crippen LogP contribution in [0.15, 0.2) is 81.2 Å². The third-order valence-corrected chi connectivity index (χ3v) is 8.89. The van der Waals surface area contributed by atoms with Crippen LogP contribution in [0.4, 0.5) is 0 Å². The molecule has 9 nitrogen and oxygen atoms in total. The van der Waals surface area contributed by atoms with Gasteiger partial charge in [-0.2, -0.15) is 23.5 Å². The number of hydrazone groups is 1. The maximum atomic E-state index is 13.0. The number of amides is 1. The summed E-state index contributed by atoms with van der Waals surface area (Å²) in [5.74, 6) is -0.453. The van der Waals surface area contributed by atoms with E-state index >= 15 is 0 Å². The van der Waals surface area contributed by atoms with Crippen molar-refractivity contribution in [2.45, 2.75) is 25.7 Å². The monoisotopic (exact) mass is 686 g/mol. The molecule has 0 atom stereocenters. The van der Waals surface area contributed by atoms with Crippen LogP contribution in [0.25, 0.3) is 6.08 Å². The Kier molecular flexibility index (Phi) is 7.84. The first-order chi connectivity index (χ1) is 19.1. The Morgan fingerprint density at radius 2 is 1.70 bits per heavy atom. The summed E-state index contributed by atoms with van der Waals surface area (Å²) in [5, 5.41) is 15.5. The molecule has 0 saturated heterocycles. The van der Waals surface area contributed by atoms with Gasteiger partial charge in [0.1, 0.15) is 9.94 Å². The third-order valence-electron chi connectivity index (χ3n) is 5.90. The fourth-order valence-corrected chi connectivity index (χ4v) is 6.59. The number of hydrogen-bond acceptors (Lipinski definition) is 8. The summed E-state index contributed by atoms with van der Waals surface area (Å²) in [7, 11) is -4.12. The number of amidine groups is 2. The first-order valence-corrected chi connectivity index (χ1v) is 15.4. The average Bonchev–Trinajstić information content (AvgIpc) is 3.33.